The van der Waals surface area contributed by atoms with Crippen molar-refractivity contribution in [1.29, 1.82) is 0 Å². The van der Waals surface area contributed by atoms with Crippen LogP contribution in [0.4, 0.5) is 5.82 Å². The fraction of sp³-hybridized carbons (Fsp3) is 0.261. The van der Waals surface area contributed by atoms with Crippen LogP contribution in [0.1, 0.15) is 34.9 Å². The molecule has 2 amide bonds. The average Bonchev–Trinajstić information content (AvgIpc) is 3.21. The second-order valence-corrected chi connectivity index (χ2v) is 7.39. The number of fused-ring (bicyclic) bond motifs is 1. The van der Waals surface area contributed by atoms with Gasteiger partial charge in [-0.2, -0.15) is 5.10 Å². The van der Waals surface area contributed by atoms with E-state index in [0.717, 1.165) is 12.8 Å². The maximum absolute atomic E-state index is 12.2. The number of anilines is 1. The molecule has 1 atom stereocenters. The van der Waals surface area contributed by atoms with E-state index in [4.69, 9.17) is 5.73 Å². The quantitative estimate of drug-likeness (QED) is 0.480. The van der Waals surface area contributed by atoms with E-state index in [-0.39, 0.29) is 30.2 Å². The third-order valence-electron chi connectivity index (χ3n) is 5.33. The highest BCUT2D eigenvalue weighted by atomic mass is 16.2. The lowest BCUT2D eigenvalue weighted by Crippen LogP contribution is -2.40. The topological polar surface area (TPSA) is 119 Å². The molecule has 2 aromatic heterocycles. The van der Waals surface area contributed by atoms with Crippen molar-refractivity contribution in [2.75, 3.05) is 25.4 Å². The van der Waals surface area contributed by atoms with Gasteiger partial charge in [0.25, 0.3) is 5.91 Å². The first-order valence-corrected chi connectivity index (χ1v) is 10.3. The van der Waals surface area contributed by atoms with Gasteiger partial charge in [-0.25, -0.2) is 14.6 Å². The normalized spacial score (nSPS) is 15.6. The van der Waals surface area contributed by atoms with Crippen LogP contribution in [0.2, 0.25) is 0 Å². The molecule has 3 aromatic rings. The fourth-order valence-electron chi connectivity index (χ4n) is 3.77. The number of aromatic nitrogens is 4. The lowest BCUT2D eigenvalue weighted by molar-refractivity contribution is -0.127. The van der Waals surface area contributed by atoms with Crippen LogP contribution in [0.5, 0.6) is 0 Å². The number of carbonyl (C=O) groups is 2. The molecule has 1 aliphatic rings. The van der Waals surface area contributed by atoms with E-state index in [2.05, 4.69) is 38.8 Å². The van der Waals surface area contributed by atoms with E-state index in [0.29, 0.717) is 35.4 Å². The molecule has 3 N–H and O–H groups in total. The van der Waals surface area contributed by atoms with Gasteiger partial charge in [-0.15, -0.1) is 0 Å². The fourth-order valence-corrected chi connectivity index (χ4v) is 3.77. The summed E-state index contributed by atoms with van der Waals surface area (Å²) in [5.41, 5.74) is 7.69. The van der Waals surface area contributed by atoms with E-state index < -0.39 is 0 Å². The van der Waals surface area contributed by atoms with Gasteiger partial charge >= 0.3 is 0 Å². The van der Waals surface area contributed by atoms with Gasteiger partial charge in [-0.3, -0.25) is 9.59 Å². The van der Waals surface area contributed by atoms with Crippen molar-refractivity contribution in [2.45, 2.75) is 18.9 Å². The van der Waals surface area contributed by atoms with E-state index in [9.17, 15) is 9.59 Å². The summed E-state index contributed by atoms with van der Waals surface area (Å²) in [5, 5.41) is 7.99. The summed E-state index contributed by atoms with van der Waals surface area (Å²) in [6.45, 7) is 4.92. The minimum absolute atomic E-state index is 0.0576. The predicted molar refractivity (Wildman–Crippen MR) is 120 cm³/mol. The van der Waals surface area contributed by atoms with Gasteiger partial charge in [0.1, 0.15) is 17.8 Å². The predicted octanol–water partition coefficient (Wildman–Crippen LogP) is 1.54. The second kappa shape index (κ2) is 9.31. The number of hydrogen-bond acceptors (Lipinski definition) is 6. The van der Waals surface area contributed by atoms with Crippen molar-refractivity contribution in [3.05, 3.63) is 60.6 Å². The summed E-state index contributed by atoms with van der Waals surface area (Å²) in [7, 11) is 0. The second-order valence-electron chi connectivity index (χ2n) is 7.39. The highest BCUT2D eigenvalue weighted by Gasteiger charge is 2.27. The molecule has 4 rings (SSSR count). The number of nitrogen functional groups attached to an aromatic ring is 1. The number of benzene rings is 1. The molecule has 0 bridgehead atoms. The van der Waals surface area contributed by atoms with Gasteiger partial charge in [0.05, 0.1) is 18.0 Å². The number of likely N-dealkylation sites (tertiary alicyclic amines) is 1. The summed E-state index contributed by atoms with van der Waals surface area (Å²) in [6.07, 6.45) is 4.41. The Morgan fingerprint density at radius 1 is 1.28 bits per heavy atom. The minimum atomic E-state index is -0.202. The number of amides is 2. The van der Waals surface area contributed by atoms with E-state index >= 15 is 0 Å². The number of carbonyl (C=O) groups excluding carboxylic acids is 2. The molecule has 0 aliphatic carbocycles. The minimum Gasteiger partial charge on any atom is -0.383 e. The summed E-state index contributed by atoms with van der Waals surface area (Å²) in [4.78, 5) is 34.4. The van der Waals surface area contributed by atoms with Crippen LogP contribution in [0, 0.1) is 11.8 Å². The number of nitrogens with two attached hydrogens (primary N) is 1. The number of nitrogens with one attached hydrogen (secondary N) is 1. The highest BCUT2D eigenvalue weighted by molar-refractivity contribution is 5.94. The lowest BCUT2D eigenvalue weighted by Gasteiger charge is -2.32. The van der Waals surface area contributed by atoms with Crippen LogP contribution in [-0.4, -0.2) is 56.1 Å². The van der Waals surface area contributed by atoms with Crippen molar-refractivity contribution in [2.24, 2.45) is 0 Å². The summed E-state index contributed by atoms with van der Waals surface area (Å²) in [5.74, 6) is 5.90. The van der Waals surface area contributed by atoms with Crippen molar-refractivity contribution < 1.29 is 9.59 Å². The number of nitrogens with zero attached hydrogens (tertiary/aromatic N) is 5. The van der Waals surface area contributed by atoms with Crippen LogP contribution in [0.15, 0.2) is 49.3 Å². The molecule has 9 heteroatoms. The van der Waals surface area contributed by atoms with Gasteiger partial charge in [0.2, 0.25) is 5.91 Å². The Morgan fingerprint density at radius 3 is 2.88 bits per heavy atom. The van der Waals surface area contributed by atoms with Gasteiger partial charge in [0.15, 0.2) is 5.65 Å². The molecule has 9 nitrogen and oxygen atoms in total. The van der Waals surface area contributed by atoms with Gasteiger partial charge in [0, 0.05) is 18.7 Å². The Labute approximate surface area is 185 Å². The zero-order valence-corrected chi connectivity index (χ0v) is 17.5. The first kappa shape index (κ1) is 21.1. The molecule has 0 radical (unpaired) electrons. The summed E-state index contributed by atoms with van der Waals surface area (Å²) < 4.78 is 1.78. The molecule has 0 unspecified atom stereocenters. The Bertz CT molecular complexity index is 1220. The Kier molecular flexibility index (Phi) is 6.12. The maximum atomic E-state index is 12.2. The molecule has 0 saturated carbocycles. The van der Waals surface area contributed by atoms with E-state index in [1.807, 2.05) is 6.07 Å². The zero-order chi connectivity index (χ0) is 22.5. The maximum Gasteiger partial charge on any atom is 0.252 e. The van der Waals surface area contributed by atoms with Crippen molar-refractivity contribution >= 4 is 28.7 Å². The van der Waals surface area contributed by atoms with Crippen LogP contribution in [0.3, 0.4) is 0 Å². The molecule has 3 heterocycles. The third kappa shape index (κ3) is 4.30. The third-order valence-corrected chi connectivity index (χ3v) is 5.33. The van der Waals surface area contributed by atoms with Gasteiger partial charge in [-0.05, 0) is 37.0 Å². The first-order chi connectivity index (χ1) is 15.6. The standard InChI is InChI=1S/C23H23N7O2/c1-2-19(31)29-13-7-10-17(14-29)30-22-20(21(24)26-15-27-22)18(28-30)11-6-12-25-23(32)16-8-4-3-5-9-16/h2-5,8-9,15,17H,1,7,10,12-14H2,(H,25,32)(H2,24,26,27)/t17-/m1/s1. The van der Waals surface area contributed by atoms with Gasteiger partial charge in [-0.1, -0.05) is 30.7 Å². The molecule has 1 saturated heterocycles. The molecule has 1 fully saturated rings. The smallest absolute Gasteiger partial charge is 0.252 e. The van der Waals surface area contributed by atoms with Crippen LogP contribution in [0.25, 0.3) is 11.0 Å². The van der Waals surface area contributed by atoms with E-state index in [1.54, 1.807) is 33.8 Å². The monoisotopic (exact) mass is 429 g/mol. The Balaban J connectivity index is 1.57. The van der Waals surface area contributed by atoms with Crippen LogP contribution >= 0.6 is 0 Å². The number of hydrogen-bond donors (Lipinski definition) is 2. The molecule has 1 aromatic carbocycles. The molecule has 32 heavy (non-hydrogen) atoms. The summed E-state index contributed by atoms with van der Waals surface area (Å²) >= 11 is 0. The van der Waals surface area contributed by atoms with Crippen LogP contribution < -0.4 is 11.1 Å². The molecule has 1 aliphatic heterocycles. The lowest BCUT2D eigenvalue weighted by atomic mass is 10.1. The van der Waals surface area contributed by atoms with Crippen molar-refractivity contribution in [3.8, 4) is 11.8 Å². The highest BCUT2D eigenvalue weighted by Crippen LogP contribution is 2.28. The van der Waals surface area contributed by atoms with Gasteiger partial charge < -0.3 is 16.0 Å². The molecular weight excluding hydrogens is 406 g/mol. The largest absolute Gasteiger partial charge is 0.383 e. The zero-order valence-electron chi connectivity index (χ0n) is 17.5. The van der Waals surface area contributed by atoms with E-state index in [1.165, 1.54) is 12.4 Å². The van der Waals surface area contributed by atoms with Crippen molar-refractivity contribution in [3.63, 3.8) is 0 Å². The molecule has 0 spiro atoms. The Morgan fingerprint density at radius 2 is 2.09 bits per heavy atom. The number of piperidine rings is 1. The first-order valence-electron chi connectivity index (χ1n) is 10.3. The van der Waals surface area contributed by atoms with Crippen LogP contribution in [-0.2, 0) is 4.79 Å². The number of rotatable bonds is 4. The molecular formula is C23H23N7O2. The molecule has 162 valence electrons. The Hall–Kier alpha value is -4.19. The van der Waals surface area contributed by atoms with Crippen molar-refractivity contribution in [1.82, 2.24) is 30.0 Å². The SMILES string of the molecule is C=CC(=O)N1CCC[C@@H](n2nc(C#CCNC(=O)c3ccccc3)c3c(N)ncnc32)C1. The summed E-state index contributed by atoms with van der Waals surface area (Å²) in [6, 6.07) is 8.87. The average molecular weight is 429 g/mol.